The van der Waals surface area contributed by atoms with Crippen LogP contribution in [0.1, 0.15) is 10.4 Å². The molecular weight excluding hydrogens is 396 g/mol. The third-order valence-corrected chi connectivity index (χ3v) is 5.26. The number of piperazine rings is 1. The van der Waals surface area contributed by atoms with Gasteiger partial charge in [-0.1, -0.05) is 30.3 Å². The average Bonchev–Trinajstić information content (AvgIpc) is 2.68. The lowest BCUT2D eigenvalue weighted by molar-refractivity contribution is -0.907. The van der Waals surface area contributed by atoms with Gasteiger partial charge in [-0.15, -0.1) is 0 Å². The summed E-state index contributed by atoms with van der Waals surface area (Å²) in [5, 5.41) is 10.2. The fourth-order valence-corrected chi connectivity index (χ4v) is 3.59. The summed E-state index contributed by atoms with van der Waals surface area (Å²) in [4.78, 5) is 15.8. The zero-order valence-electron chi connectivity index (χ0n) is 14.6. The molecule has 26 heavy (non-hydrogen) atoms. The van der Waals surface area contributed by atoms with Gasteiger partial charge >= 0.3 is 0 Å². The second kappa shape index (κ2) is 9.16. The molecule has 0 aliphatic carbocycles. The largest absolute Gasteiger partial charge is 0.491 e. The molecule has 6 heteroatoms. The quantitative estimate of drug-likeness (QED) is 0.740. The Hall–Kier alpha value is -1.89. The van der Waals surface area contributed by atoms with Gasteiger partial charge in [0.15, 0.2) is 0 Å². The minimum atomic E-state index is -0.518. The molecule has 0 aromatic heterocycles. The Morgan fingerprint density at radius 3 is 2.46 bits per heavy atom. The molecular formula is C20H24BrN2O3+. The molecule has 0 bridgehead atoms. The van der Waals surface area contributed by atoms with Crippen molar-refractivity contribution < 1.29 is 19.5 Å². The molecule has 1 amide bonds. The van der Waals surface area contributed by atoms with Crippen molar-refractivity contribution in [1.29, 1.82) is 0 Å². The van der Waals surface area contributed by atoms with Crippen molar-refractivity contribution in [3.05, 3.63) is 64.6 Å². The van der Waals surface area contributed by atoms with Crippen LogP contribution < -0.4 is 9.64 Å². The minimum Gasteiger partial charge on any atom is -0.491 e. The van der Waals surface area contributed by atoms with E-state index in [9.17, 15) is 9.90 Å². The zero-order valence-corrected chi connectivity index (χ0v) is 16.2. The summed E-state index contributed by atoms with van der Waals surface area (Å²) in [6, 6.07) is 17.0. The van der Waals surface area contributed by atoms with Crippen LogP contribution in [-0.2, 0) is 0 Å². The molecule has 3 rings (SSSR count). The summed E-state index contributed by atoms with van der Waals surface area (Å²) in [6.45, 7) is 3.97. The SMILES string of the molecule is O=C(c1ccccc1Br)N1CC[NH+](C[C@@H](O)COc2ccccc2)CC1. The van der Waals surface area contributed by atoms with Gasteiger partial charge in [-0.3, -0.25) is 4.79 Å². The molecule has 1 saturated heterocycles. The first-order valence-corrected chi connectivity index (χ1v) is 9.66. The van der Waals surface area contributed by atoms with Crippen LogP contribution in [-0.4, -0.2) is 61.3 Å². The molecule has 2 N–H and O–H groups in total. The molecule has 5 nitrogen and oxygen atoms in total. The van der Waals surface area contributed by atoms with E-state index in [1.54, 1.807) is 0 Å². The molecule has 0 radical (unpaired) electrons. The fourth-order valence-electron chi connectivity index (χ4n) is 3.14. The highest BCUT2D eigenvalue weighted by molar-refractivity contribution is 9.10. The Kier molecular flexibility index (Phi) is 6.66. The number of ether oxygens (including phenoxy) is 1. The Morgan fingerprint density at radius 1 is 1.12 bits per heavy atom. The van der Waals surface area contributed by atoms with Crippen molar-refractivity contribution in [3.8, 4) is 5.75 Å². The van der Waals surface area contributed by atoms with E-state index >= 15 is 0 Å². The molecule has 2 aromatic carbocycles. The van der Waals surface area contributed by atoms with E-state index in [0.717, 1.165) is 23.3 Å². The number of hydrogen-bond acceptors (Lipinski definition) is 3. The van der Waals surface area contributed by atoms with Crippen molar-refractivity contribution in [3.63, 3.8) is 0 Å². The standard InChI is InChI=1S/C20H23BrN2O3/c21-19-9-5-4-8-18(19)20(25)23-12-10-22(11-13-23)14-16(24)15-26-17-6-2-1-3-7-17/h1-9,16,24H,10-15H2/p+1/t16-/m1/s1. The number of hydrogen-bond donors (Lipinski definition) is 2. The normalized spacial score (nSPS) is 16.3. The Balaban J connectivity index is 1.43. The van der Waals surface area contributed by atoms with Crippen LogP contribution in [0.4, 0.5) is 0 Å². The maximum atomic E-state index is 12.6. The van der Waals surface area contributed by atoms with Gasteiger partial charge < -0.3 is 19.6 Å². The molecule has 1 aliphatic rings. The number of rotatable bonds is 6. The van der Waals surface area contributed by atoms with E-state index in [2.05, 4.69) is 15.9 Å². The van der Waals surface area contributed by atoms with Gasteiger partial charge in [-0.05, 0) is 40.2 Å². The van der Waals surface area contributed by atoms with E-state index in [0.29, 0.717) is 25.2 Å². The first kappa shape index (κ1) is 18.9. The fraction of sp³-hybridized carbons (Fsp3) is 0.350. The number of nitrogens with zero attached hydrogens (tertiary/aromatic N) is 1. The lowest BCUT2D eigenvalue weighted by Crippen LogP contribution is -3.16. The molecule has 138 valence electrons. The molecule has 1 fully saturated rings. The minimum absolute atomic E-state index is 0.0597. The van der Waals surface area contributed by atoms with Crippen LogP contribution in [0, 0.1) is 0 Å². The van der Waals surface area contributed by atoms with Crippen LogP contribution in [0.2, 0.25) is 0 Å². The number of halogens is 1. The van der Waals surface area contributed by atoms with Gasteiger partial charge in [0.1, 0.15) is 25.0 Å². The number of para-hydroxylation sites is 1. The predicted molar refractivity (Wildman–Crippen MR) is 104 cm³/mol. The third-order valence-electron chi connectivity index (χ3n) is 4.57. The maximum absolute atomic E-state index is 12.6. The van der Waals surface area contributed by atoms with E-state index in [1.165, 1.54) is 4.90 Å². The summed E-state index contributed by atoms with van der Waals surface area (Å²) in [6.07, 6.45) is -0.518. The number of aliphatic hydroxyl groups is 1. The van der Waals surface area contributed by atoms with E-state index < -0.39 is 6.10 Å². The molecule has 0 saturated carbocycles. The molecule has 2 aromatic rings. The highest BCUT2D eigenvalue weighted by Crippen LogP contribution is 2.17. The zero-order chi connectivity index (χ0) is 18.4. The summed E-state index contributed by atoms with van der Waals surface area (Å²) in [7, 11) is 0. The van der Waals surface area contributed by atoms with Gasteiger partial charge in [0, 0.05) is 4.47 Å². The maximum Gasteiger partial charge on any atom is 0.255 e. The summed E-state index contributed by atoms with van der Waals surface area (Å²) >= 11 is 3.44. The van der Waals surface area contributed by atoms with Crippen molar-refractivity contribution in [2.45, 2.75) is 6.10 Å². The smallest absolute Gasteiger partial charge is 0.255 e. The molecule has 1 atom stereocenters. The van der Waals surface area contributed by atoms with Gasteiger partial charge in [0.25, 0.3) is 5.91 Å². The van der Waals surface area contributed by atoms with Gasteiger partial charge in [-0.25, -0.2) is 0 Å². The average molecular weight is 420 g/mol. The number of benzene rings is 2. The first-order chi connectivity index (χ1) is 12.6. The Labute approximate surface area is 162 Å². The van der Waals surface area contributed by atoms with Crippen molar-refractivity contribution in [2.24, 2.45) is 0 Å². The molecule has 0 spiro atoms. The van der Waals surface area contributed by atoms with Gasteiger partial charge in [-0.2, -0.15) is 0 Å². The lowest BCUT2D eigenvalue weighted by Gasteiger charge is -2.33. The van der Waals surface area contributed by atoms with E-state index in [-0.39, 0.29) is 12.5 Å². The summed E-state index contributed by atoms with van der Waals surface area (Å²) in [5.74, 6) is 0.829. The summed E-state index contributed by atoms with van der Waals surface area (Å²) < 4.78 is 6.43. The van der Waals surface area contributed by atoms with Crippen LogP contribution in [0.5, 0.6) is 5.75 Å². The monoisotopic (exact) mass is 419 g/mol. The number of carbonyl (C=O) groups is 1. The predicted octanol–water partition coefficient (Wildman–Crippen LogP) is 1.23. The van der Waals surface area contributed by atoms with Crippen LogP contribution in [0.3, 0.4) is 0 Å². The van der Waals surface area contributed by atoms with Crippen LogP contribution in [0.25, 0.3) is 0 Å². The number of quaternary nitrogens is 1. The number of carbonyl (C=O) groups excluding carboxylic acids is 1. The van der Waals surface area contributed by atoms with Crippen molar-refractivity contribution in [1.82, 2.24) is 4.90 Å². The Bertz CT molecular complexity index is 718. The molecule has 1 heterocycles. The van der Waals surface area contributed by atoms with Crippen molar-refractivity contribution in [2.75, 3.05) is 39.3 Å². The van der Waals surface area contributed by atoms with E-state index in [1.807, 2.05) is 59.5 Å². The third kappa shape index (κ3) is 5.06. The molecule has 1 aliphatic heterocycles. The number of nitrogens with one attached hydrogen (secondary N) is 1. The Morgan fingerprint density at radius 2 is 1.77 bits per heavy atom. The highest BCUT2D eigenvalue weighted by Gasteiger charge is 2.26. The second-order valence-corrected chi connectivity index (χ2v) is 7.36. The van der Waals surface area contributed by atoms with Crippen LogP contribution >= 0.6 is 15.9 Å². The number of aliphatic hydroxyl groups excluding tert-OH is 1. The topological polar surface area (TPSA) is 54.2 Å². The molecule has 0 unspecified atom stereocenters. The van der Waals surface area contributed by atoms with Crippen LogP contribution in [0.15, 0.2) is 59.1 Å². The number of amides is 1. The highest BCUT2D eigenvalue weighted by atomic mass is 79.9. The first-order valence-electron chi connectivity index (χ1n) is 8.87. The van der Waals surface area contributed by atoms with E-state index in [4.69, 9.17) is 4.74 Å². The van der Waals surface area contributed by atoms with Gasteiger partial charge in [0.2, 0.25) is 0 Å². The van der Waals surface area contributed by atoms with Gasteiger partial charge in [0.05, 0.1) is 31.7 Å². The second-order valence-electron chi connectivity index (χ2n) is 6.50. The van der Waals surface area contributed by atoms with Crippen molar-refractivity contribution >= 4 is 21.8 Å². The lowest BCUT2D eigenvalue weighted by atomic mass is 10.2. The summed E-state index contributed by atoms with van der Waals surface area (Å²) in [5.41, 5.74) is 0.701.